The van der Waals surface area contributed by atoms with Crippen LogP contribution in [0.25, 0.3) is 5.69 Å². The summed E-state index contributed by atoms with van der Waals surface area (Å²) in [4.78, 5) is 39.6. The molecule has 0 atom stereocenters. The Balaban J connectivity index is 1.87. The molecule has 1 N–H and O–H groups in total. The molecule has 0 bridgehead atoms. The molecule has 1 aliphatic carbocycles. The third kappa shape index (κ3) is 4.20. The number of benzene rings is 2. The van der Waals surface area contributed by atoms with Crippen LogP contribution in [0.1, 0.15) is 36.0 Å². The Kier molecular flexibility index (Phi) is 6.49. The fraction of sp³-hybridized carbons (Fsp3) is 0.318. The molecule has 0 saturated heterocycles. The van der Waals surface area contributed by atoms with Gasteiger partial charge in [0.25, 0.3) is 0 Å². The lowest BCUT2D eigenvalue weighted by Gasteiger charge is -2.30. The van der Waals surface area contributed by atoms with E-state index in [-0.39, 0.29) is 22.7 Å². The fourth-order valence-corrected chi connectivity index (χ4v) is 4.16. The highest BCUT2D eigenvalue weighted by Crippen LogP contribution is 2.39. The maximum absolute atomic E-state index is 14.2. The van der Waals surface area contributed by atoms with Crippen LogP contribution >= 0.6 is 0 Å². The van der Waals surface area contributed by atoms with Crippen molar-refractivity contribution in [3.63, 3.8) is 0 Å². The van der Waals surface area contributed by atoms with Crippen LogP contribution in [0.15, 0.2) is 35.1 Å². The van der Waals surface area contributed by atoms with Gasteiger partial charge < -0.3 is 14.6 Å². The van der Waals surface area contributed by atoms with Gasteiger partial charge in [0.1, 0.15) is 22.7 Å². The highest BCUT2D eigenvalue weighted by molar-refractivity contribution is 5.99. The van der Waals surface area contributed by atoms with Crippen LogP contribution in [0.3, 0.4) is 0 Å². The zero-order chi connectivity index (χ0) is 25.3. The number of methoxy groups -OCH3 is 2. The summed E-state index contributed by atoms with van der Waals surface area (Å²) < 4.78 is 39.7. The molecule has 13 heteroatoms. The molecule has 0 radical (unpaired) electrons. The average molecular weight is 489 g/mol. The van der Waals surface area contributed by atoms with E-state index in [9.17, 15) is 28.3 Å². The van der Waals surface area contributed by atoms with Gasteiger partial charge in [-0.15, -0.1) is 4.68 Å². The summed E-state index contributed by atoms with van der Waals surface area (Å²) in [5, 5.41) is 16.7. The van der Waals surface area contributed by atoms with E-state index in [1.165, 1.54) is 31.3 Å². The lowest BCUT2D eigenvalue weighted by molar-refractivity contribution is 0.0693. The first-order valence-corrected chi connectivity index (χ1v) is 10.6. The highest BCUT2D eigenvalue weighted by Gasteiger charge is 2.35. The van der Waals surface area contributed by atoms with Gasteiger partial charge in [-0.05, 0) is 41.5 Å². The number of rotatable bonds is 6. The minimum Gasteiger partial charge on any atom is -0.496 e. The summed E-state index contributed by atoms with van der Waals surface area (Å²) in [6.07, 6.45) is 2.71. The highest BCUT2D eigenvalue weighted by atomic mass is 19.1. The van der Waals surface area contributed by atoms with Crippen molar-refractivity contribution in [3.8, 4) is 17.2 Å². The number of amides is 1. The van der Waals surface area contributed by atoms with Crippen molar-refractivity contribution in [2.75, 3.05) is 19.1 Å². The molecule has 0 aliphatic heterocycles. The predicted molar refractivity (Wildman–Crippen MR) is 118 cm³/mol. The number of anilines is 1. The number of aromatic nitrogens is 4. The van der Waals surface area contributed by atoms with Crippen molar-refractivity contribution in [2.24, 2.45) is 0 Å². The van der Waals surface area contributed by atoms with Crippen LogP contribution in [0.4, 0.5) is 19.3 Å². The Bertz CT molecular complexity index is 1330. The second-order valence-corrected chi connectivity index (χ2v) is 7.78. The minimum atomic E-state index is -1.30. The Labute approximate surface area is 197 Å². The smallest absolute Gasteiger partial charge is 0.377 e. The van der Waals surface area contributed by atoms with E-state index in [2.05, 4.69) is 10.4 Å². The molecule has 4 rings (SSSR count). The van der Waals surface area contributed by atoms with Crippen LogP contribution in [0.2, 0.25) is 0 Å². The summed E-state index contributed by atoms with van der Waals surface area (Å²) >= 11 is 0. The molecule has 1 aliphatic rings. The summed E-state index contributed by atoms with van der Waals surface area (Å²) in [5.41, 5.74) is -2.14. The summed E-state index contributed by atoms with van der Waals surface area (Å²) in [6.45, 7) is 0. The predicted octanol–water partition coefficient (Wildman–Crippen LogP) is 2.84. The number of carbonyl (C=O) groups is 2. The van der Waals surface area contributed by atoms with Gasteiger partial charge in [0.15, 0.2) is 11.6 Å². The number of hydrogen-bond donors (Lipinski definition) is 1. The van der Waals surface area contributed by atoms with Crippen molar-refractivity contribution in [1.82, 2.24) is 19.8 Å². The maximum atomic E-state index is 14.2. The lowest BCUT2D eigenvalue weighted by Crippen LogP contribution is -2.46. The second-order valence-electron chi connectivity index (χ2n) is 7.78. The number of nitrogens with zero attached hydrogens (tertiary/aromatic N) is 5. The maximum Gasteiger partial charge on any atom is 0.377 e. The Hall–Kier alpha value is -4.29. The van der Waals surface area contributed by atoms with Gasteiger partial charge in [-0.2, -0.15) is 4.68 Å². The van der Waals surface area contributed by atoms with E-state index >= 15 is 0 Å². The van der Waals surface area contributed by atoms with E-state index in [0.717, 1.165) is 31.0 Å². The van der Waals surface area contributed by atoms with Crippen LogP contribution < -0.4 is 20.1 Å². The normalized spacial score (nSPS) is 13.6. The van der Waals surface area contributed by atoms with E-state index in [1.807, 2.05) is 0 Å². The topological polar surface area (TPSA) is 129 Å². The SMILES string of the molecule is COc1cc(OC)c(N(C(=O)n2nnn(-c3c(F)cccc3F)c2=O)C2CCCC2)cc1C(=O)O. The third-order valence-corrected chi connectivity index (χ3v) is 5.80. The summed E-state index contributed by atoms with van der Waals surface area (Å²) in [5.74, 6) is -3.31. The van der Waals surface area contributed by atoms with E-state index < -0.39 is 41.1 Å². The van der Waals surface area contributed by atoms with Crippen LogP contribution in [0, 0.1) is 11.6 Å². The number of carboxylic acids is 1. The number of halogens is 2. The van der Waals surface area contributed by atoms with Crippen molar-refractivity contribution in [3.05, 3.63) is 58.0 Å². The molecule has 1 heterocycles. The first-order chi connectivity index (χ1) is 16.8. The number of carbonyl (C=O) groups excluding carboxylic acids is 1. The van der Waals surface area contributed by atoms with Gasteiger partial charge in [0, 0.05) is 12.1 Å². The van der Waals surface area contributed by atoms with Gasteiger partial charge in [0.05, 0.1) is 19.9 Å². The molecule has 1 saturated carbocycles. The van der Waals surface area contributed by atoms with Gasteiger partial charge in [-0.3, -0.25) is 4.90 Å². The molecular weight excluding hydrogens is 468 g/mol. The number of tetrazole rings is 1. The van der Waals surface area contributed by atoms with Crippen molar-refractivity contribution >= 4 is 17.7 Å². The average Bonchev–Trinajstić information content (AvgIpc) is 3.49. The molecule has 11 nitrogen and oxygen atoms in total. The number of aromatic carboxylic acids is 1. The first kappa shape index (κ1) is 23.9. The zero-order valence-electron chi connectivity index (χ0n) is 18.8. The van der Waals surface area contributed by atoms with Crippen molar-refractivity contribution in [2.45, 2.75) is 31.7 Å². The van der Waals surface area contributed by atoms with Gasteiger partial charge >= 0.3 is 17.7 Å². The number of hydrogen-bond acceptors (Lipinski definition) is 7. The van der Waals surface area contributed by atoms with Crippen LogP contribution in [-0.4, -0.2) is 57.2 Å². The molecule has 2 aromatic carbocycles. The molecule has 184 valence electrons. The Morgan fingerprint density at radius 2 is 1.69 bits per heavy atom. The Morgan fingerprint density at radius 1 is 1.06 bits per heavy atom. The number of ether oxygens (including phenoxy) is 2. The summed E-state index contributed by atoms with van der Waals surface area (Å²) in [7, 11) is 2.62. The molecule has 1 fully saturated rings. The lowest BCUT2D eigenvalue weighted by atomic mass is 10.1. The summed E-state index contributed by atoms with van der Waals surface area (Å²) in [6, 6.07) is 4.12. The largest absolute Gasteiger partial charge is 0.496 e. The zero-order valence-corrected chi connectivity index (χ0v) is 18.8. The van der Waals surface area contributed by atoms with Gasteiger partial charge in [0.2, 0.25) is 0 Å². The monoisotopic (exact) mass is 489 g/mol. The Morgan fingerprint density at radius 3 is 2.26 bits per heavy atom. The van der Waals surface area contributed by atoms with Crippen LogP contribution in [-0.2, 0) is 0 Å². The van der Waals surface area contributed by atoms with E-state index in [0.29, 0.717) is 22.2 Å². The second kappa shape index (κ2) is 9.52. The van der Waals surface area contributed by atoms with Gasteiger partial charge in [-0.1, -0.05) is 18.9 Å². The van der Waals surface area contributed by atoms with Crippen molar-refractivity contribution in [1.29, 1.82) is 0 Å². The molecule has 0 spiro atoms. The molecule has 1 aromatic heterocycles. The molecule has 0 unspecified atom stereocenters. The number of para-hydroxylation sites is 1. The minimum absolute atomic E-state index is 0.00932. The molecule has 35 heavy (non-hydrogen) atoms. The molecule has 1 amide bonds. The van der Waals surface area contributed by atoms with Crippen molar-refractivity contribution < 1.29 is 33.0 Å². The van der Waals surface area contributed by atoms with Crippen LogP contribution in [0.5, 0.6) is 11.5 Å². The fourth-order valence-electron chi connectivity index (χ4n) is 4.16. The van der Waals surface area contributed by atoms with E-state index in [1.54, 1.807) is 0 Å². The molecular formula is C22H21F2N5O6. The first-order valence-electron chi connectivity index (χ1n) is 10.6. The molecule has 3 aromatic rings. The third-order valence-electron chi connectivity index (χ3n) is 5.80. The quantitative estimate of drug-likeness (QED) is 0.524. The number of carboxylic acid groups (broad SMARTS) is 1. The standard InChI is InChI=1S/C22H21F2N5O6/c1-34-17-11-18(35-2)16(10-13(17)20(30)31)27(12-6-3-4-7-12)21(32)29-22(33)28(25-26-29)19-14(23)8-5-9-15(19)24/h5,8-12H,3-4,6-7H2,1-2H3,(H,30,31). The van der Waals surface area contributed by atoms with E-state index in [4.69, 9.17) is 9.47 Å². The van der Waals surface area contributed by atoms with Gasteiger partial charge in [-0.25, -0.2) is 23.2 Å².